The number of halogens is 2. The van der Waals surface area contributed by atoms with Gasteiger partial charge in [-0.05, 0) is 18.1 Å². The van der Waals surface area contributed by atoms with Crippen molar-refractivity contribution in [2.75, 3.05) is 25.1 Å². The molecule has 0 bridgehead atoms. The average molecular weight is 276 g/mol. The highest BCUT2D eigenvalue weighted by Crippen LogP contribution is 2.24. The molecule has 0 aromatic heterocycles. The van der Waals surface area contributed by atoms with Gasteiger partial charge >= 0.3 is 0 Å². The summed E-state index contributed by atoms with van der Waals surface area (Å²) in [5, 5.41) is 12.7. The van der Waals surface area contributed by atoms with E-state index >= 15 is 0 Å². The van der Waals surface area contributed by atoms with E-state index in [9.17, 15) is 9.50 Å². The molecule has 0 aliphatic rings. The second kappa shape index (κ2) is 7.56. The van der Waals surface area contributed by atoms with E-state index in [1.165, 1.54) is 12.1 Å². The first-order valence-corrected chi connectivity index (χ1v) is 6.32. The molecule has 1 rings (SSSR count). The van der Waals surface area contributed by atoms with E-state index in [-0.39, 0.29) is 18.8 Å². The highest BCUT2D eigenvalue weighted by Gasteiger charge is 2.09. The number of aliphatic hydroxyl groups excluding tert-OH is 1. The maximum Gasteiger partial charge on any atom is 0.147 e. The summed E-state index contributed by atoms with van der Waals surface area (Å²) in [6.07, 6.45) is -0.695. The van der Waals surface area contributed by atoms with Gasteiger partial charge in [0.1, 0.15) is 5.82 Å². The Morgan fingerprint density at radius 3 is 2.72 bits per heavy atom. The molecule has 3 nitrogen and oxygen atoms in total. The van der Waals surface area contributed by atoms with Gasteiger partial charge in [-0.25, -0.2) is 4.39 Å². The fourth-order valence-electron chi connectivity index (χ4n) is 1.39. The molecule has 2 N–H and O–H groups in total. The zero-order valence-electron chi connectivity index (χ0n) is 10.6. The van der Waals surface area contributed by atoms with Crippen molar-refractivity contribution in [2.45, 2.75) is 20.0 Å². The summed E-state index contributed by atoms with van der Waals surface area (Å²) in [6, 6.07) is 4.44. The minimum Gasteiger partial charge on any atom is -0.389 e. The number of benzene rings is 1. The Labute approximate surface area is 112 Å². The van der Waals surface area contributed by atoms with Gasteiger partial charge in [0.2, 0.25) is 0 Å². The molecule has 102 valence electrons. The van der Waals surface area contributed by atoms with E-state index in [1.54, 1.807) is 6.07 Å². The first-order chi connectivity index (χ1) is 8.50. The summed E-state index contributed by atoms with van der Waals surface area (Å²) in [7, 11) is 0. The third kappa shape index (κ3) is 5.21. The molecule has 0 fully saturated rings. The second-order valence-electron chi connectivity index (χ2n) is 4.56. The van der Waals surface area contributed by atoms with Crippen LogP contribution in [0.3, 0.4) is 0 Å². The molecule has 1 atom stereocenters. The third-order valence-electron chi connectivity index (χ3n) is 2.24. The summed E-state index contributed by atoms with van der Waals surface area (Å²) in [6.45, 7) is 5.07. The number of hydrogen-bond donors (Lipinski definition) is 2. The predicted octanol–water partition coefficient (Wildman–Crippen LogP) is 2.92. The number of nitrogens with one attached hydrogen (secondary N) is 1. The molecule has 0 saturated carbocycles. The van der Waals surface area contributed by atoms with Crippen molar-refractivity contribution in [3.63, 3.8) is 0 Å². The average Bonchev–Trinajstić information content (AvgIpc) is 2.27. The molecule has 0 heterocycles. The van der Waals surface area contributed by atoms with Crippen molar-refractivity contribution in [3.8, 4) is 0 Å². The molecule has 0 amide bonds. The van der Waals surface area contributed by atoms with Crippen molar-refractivity contribution in [2.24, 2.45) is 5.92 Å². The van der Waals surface area contributed by atoms with Gasteiger partial charge < -0.3 is 15.2 Å². The van der Waals surface area contributed by atoms with Crippen LogP contribution in [-0.4, -0.2) is 31.0 Å². The van der Waals surface area contributed by atoms with E-state index < -0.39 is 11.9 Å². The quantitative estimate of drug-likeness (QED) is 0.804. The van der Waals surface area contributed by atoms with Crippen LogP contribution in [0.2, 0.25) is 5.02 Å². The summed E-state index contributed by atoms with van der Waals surface area (Å²) < 4.78 is 18.7. The minimum atomic E-state index is -0.695. The maximum atomic E-state index is 13.4. The molecule has 1 unspecified atom stereocenters. The molecule has 18 heavy (non-hydrogen) atoms. The zero-order valence-corrected chi connectivity index (χ0v) is 11.4. The van der Waals surface area contributed by atoms with Gasteiger partial charge in [0.05, 0.1) is 23.4 Å². The fourth-order valence-corrected chi connectivity index (χ4v) is 1.62. The molecule has 1 aromatic rings. The zero-order chi connectivity index (χ0) is 13.5. The molecule has 0 radical (unpaired) electrons. The summed E-state index contributed by atoms with van der Waals surface area (Å²) >= 11 is 5.84. The first-order valence-electron chi connectivity index (χ1n) is 5.94. The van der Waals surface area contributed by atoms with Crippen LogP contribution in [0.1, 0.15) is 13.8 Å². The van der Waals surface area contributed by atoms with Crippen LogP contribution < -0.4 is 5.32 Å². The molecular weight excluding hydrogens is 257 g/mol. The van der Waals surface area contributed by atoms with Gasteiger partial charge in [0.25, 0.3) is 0 Å². The van der Waals surface area contributed by atoms with Gasteiger partial charge in [0, 0.05) is 13.2 Å². The molecule has 5 heteroatoms. The number of anilines is 1. The molecule has 0 saturated heterocycles. The number of ether oxygens (including phenoxy) is 1. The van der Waals surface area contributed by atoms with E-state index in [1.807, 2.05) is 13.8 Å². The maximum absolute atomic E-state index is 13.4. The number of para-hydroxylation sites is 1. The molecule has 1 aromatic carbocycles. The lowest BCUT2D eigenvalue weighted by Crippen LogP contribution is -2.26. The van der Waals surface area contributed by atoms with Gasteiger partial charge in [0.15, 0.2) is 0 Å². The Balaban J connectivity index is 2.36. The topological polar surface area (TPSA) is 41.5 Å². The van der Waals surface area contributed by atoms with E-state index in [0.29, 0.717) is 17.5 Å². The largest absolute Gasteiger partial charge is 0.389 e. The van der Waals surface area contributed by atoms with Crippen molar-refractivity contribution in [1.82, 2.24) is 0 Å². The third-order valence-corrected chi connectivity index (χ3v) is 2.55. The lowest BCUT2D eigenvalue weighted by atomic mass is 10.2. The van der Waals surface area contributed by atoms with Crippen LogP contribution in [-0.2, 0) is 4.74 Å². The predicted molar refractivity (Wildman–Crippen MR) is 71.6 cm³/mol. The number of hydrogen-bond acceptors (Lipinski definition) is 3. The Kier molecular flexibility index (Phi) is 6.39. The SMILES string of the molecule is CC(C)COCC(O)CNc1c(F)cccc1Cl. The molecule has 0 aliphatic heterocycles. The monoisotopic (exact) mass is 275 g/mol. The highest BCUT2D eigenvalue weighted by atomic mass is 35.5. The minimum absolute atomic E-state index is 0.193. The molecule has 0 spiro atoms. The van der Waals surface area contributed by atoms with Crippen LogP contribution in [0.4, 0.5) is 10.1 Å². The van der Waals surface area contributed by atoms with E-state index in [2.05, 4.69) is 5.32 Å². The van der Waals surface area contributed by atoms with Crippen molar-refractivity contribution >= 4 is 17.3 Å². The standard InChI is InChI=1S/C13H19ClFNO2/c1-9(2)7-18-8-10(17)6-16-13-11(14)4-3-5-12(13)15/h3-5,9-10,16-17H,6-8H2,1-2H3. The first kappa shape index (κ1) is 15.2. The second-order valence-corrected chi connectivity index (χ2v) is 4.97. The summed E-state index contributed by atoms with van der Waals surface area (Å²) in [5.41, 5.74) is 0.210. The Hall–Kier alpha value is -0.840. The van der Waals surface area contributed by atoms with E-state index in [0.717, 1.165) is 0 Å². The van der Waals surface area contributed by atoms with Gasteiger partial charge in [-0.1, -0.05) is 31.5 Å². The summed E-state index contributed by atoms with van der Waals surface area (Å²) in [4.78, 5) is 0. The molecule has 0 aliphatic carbocycles. The van der Waals surface area contributed by atoms with Crippen LogP contribution in [0, 0.1) is 11.7 Å². The van der Waals surface area contributed by atoms with Crippen molar-refractivity contribution < 1.29 is 14.2 Å². The van der Waals surface area contributed by atoms with E-state index in [4.69, 9.17) is 16.3 Å². The van der Waals surface area contributed by atoms with Gasteiger partial charge in [-0.2, -0.15) is 0 Å². The van der Waals surface area contributed by atoms with Gasteiger partial charge in [-0.3, -0.25) is 0 Å². The van der Waals surface area contributed by atoms with Crippen molar-refractivity contribution in [3.05, 3.63) is 29.0 Å². The van der Waals surface area contributed by atoms with Crippen LogP contribution in [0.5, 0.6) is 0 Å². The number of aliphatic hydroxyl groups is 1. The van der Waals surface area contributed by atoms with Crippen molar-refractivity contribution in [1.29, 1.82) is 0 Å². The Bertz CT molecular complexity index is 354. The fraction of sp³-hybridized carbons (Fsp3) is 0.538. The lowest BCUT2D eigenvalue weighted by molar-refractivity contribution is 0.0317. The van der Waals surface area contributed by atoms with Crippen LogP contribution >= 0.6 is 11.6 Å². The van der Waals surface area contributed by atoms with Gasteiger partial charge in [-0.15, -0.1) is 0 Å². The highest BCUT2D eigenvalue weighted by molar-refractivity contribution is 6.33. The van der Waals surface area contributed by atoms with Crippen LogP contribution in [0.15, 0.2) is 18.2 Å². The Morgan fingerprint density at radius 1 is 1.39 bits per heavy atom. The Morgan fingerprint density at radius 2 is 2.11 bits per heavy atom. The van der Waals surface area contributed by atoms with Crippen LogP contribution in [0.25, 0.3) is 0 Å². The summed E-state index contributed by atoms with van der Waals surface area (Å²) in [5.74, 6) is -0.0102. The number of rotatable bonds is 7. The lowest BCUT2D eigenvalue weighted by Gasteiger charge is -2.15. The smallest absolute Gasteiger partial charge is 0.147 e. The molecular formula is C13H19ClFNO2. The normalized spacial score (nSPS) is 12.8.